The lowest BCUT2D eigenvalue weighted by Gasteiger charge is -2.24. The summed E-state index contributed by atoms with van der Waals surface area (Å²) < 4.78 is 4.90. The Morgan fingerprint density at radius 1 is 1.26 bits per heavy atom. The Labute approximate surface area is 116 Å². The van der Waals surface area contributed by atoms with Crippen LogP contribution in [-0.2, 0) is 14.3 Å². The highest BCUT2D eigenvalue weighted by Gasteiger charge is 2.19. The van der Waals surface area contributed by atoms with Gasteiger partial charge in [0.15, 0.2) is 0 Å². The first-order valence-corrected chi connectivity index (χ1v) is 7.04. The van der Waals surface area contributed by atoms with E-state index in [1.165, 1.54) is 0 Å². The smallest absolute Gasteiger partial charge is 0.325 e. The van der Waals surface area contributed by atoms with E-state index in [9.17, 15) is 9.59 Å². The minimum Gasteiger partial charge on any atom is -0.465 e. The quantitative estimate of drug-likeness (QED) is 0.644. The minimum atomic E-state index is -0.344. The summed E-state index contributed by atoms with van der Waals surface area (Å²) in [5.41, 5.74) is 5.54. The lowest BCUT2D eigenvalue weighted by atomic mass is 10.1. The van der Waals surface area contributed by atoms with Gasteiger partial charge in [0, 0.05) is 13.0 Å². The molecule has 0 saturated carbocycles. The molecule has 0 radical (unpaired) electrons. The van der Waals surface area contributed by atoms with E-state index in [-0.39, 0.29) is 18.4 Å². The van der Waals surface area contributed by atoms with Gasteiger partial charge in [-0.25, -0.2) is 0 Å². The zero-order valence-corrected chi connectivity index (χ0v) is 12.6. The molecule has 5 heteroatoms. The zero-order chi connectivity index (χ0) is 14.8. The maximum Gasteiger partial charge on any atom is 0.325 e. The number of hydrogen-bond acceptors (Lipinski definition) is 4. The standard InChI is InChI=1S/C14H28N2O3/c1-5-19-14(18)10-16(9-11(2)3)13(17)7-6-12(4)8-15/h11-12H,5-10,15H2,1-4H3. The van der Waals surface area contributed by atoms with Crippen LogP contribution in [0.1, 0.15) is 40.5 Å². The van der Waals surface area contributed by atoms with E-state index in [2.05, 4.69) is 0 Å². The summed E-state index contributed by atoms with van der Waals surface area (Å²) in [7, 11) is 0. The average molecular weight is 272 g/mol. The van der Waals surface area contributed by atoms with Gasteiger partial charge in [-0.15, -0.1) is 0 Å². The highest BCUT2D eigenvalue weighted by atomic mass is 16.5. The Kier molecular flexibility index (Phi) is 9.21. The van der Waals surface area contributed by atoms with Gasteiger partial charge in [0.1, 0.15) is 6.54 Å². The second-order valence-corrected chi connectivity index (χ2v) is 5.35. The maximum atomic E-state index is 12.1. The number of nitrogens with zero attached hydrogens (tertiary/aromatic N) is 1. The molecule has 112 valence electrons. The molecule has 5 nitrogen and oxygen atoms in total. The van der Waals surface area contributed by atoms with Crippen LogP contribution >= 0.6 is 0 Å². The summed E-state index contributed by atoms with van der Waals surface area (Å²) in [4.78, 5) is 25.2. The van der Waals surface area contributed by atoms with E-state index in [4.69, 9.17) is 10.5 Å². The first-order chi connectivity index (χ1) is 8.90. The molecule has 0 heterocycles. The summed E-state index contributed by atoms with van der Waals surface area (Å²) in [6, 6.07) is 0. The summed E-state index contributed by atoms with van der Waals surface area (Å²) in [5, 5.41) is 0. The van der Waals surface area contributed by atoms with Gasteiger partial charge in [0.25, 0.3) is 0 Å². The van der Waals surface area contributed by atoms with Gasteiger partial charge in [-0.3, -0.25) is 9.59 Å². The van der Waals surface area contributed by atoms with Crippen LogP contribution in [0.15, 0.2) is 0 Å². The fourth-order valence-corrected chi connectivity index (χ4v) is 1.70. The van der Waals surface area contributed by atoms with Crippen molar-refractivity contribution in [2.24, 2.45) is 17.6 Å². The molecular formula is C14H28N2O3. The fraction of sp³-hybridized carbons (Fsp3) is 0.857. The zero-order valence-electron chi connectivity index (χ0n) is 12.6. The Hall–Kier alpha value is -1.10. The molecule has 0 saturated heterocycles. The summed E-state index contributed by atoms with van der Waals surface area (Å²) in [6.45, 7) is 9.36. The highest BCUT2D eigenvalue weighted by molar-refractivity contribution is 5.82. The largest absolute Gasteiger partial charge is 0.465 e. The van der Waals surface area contributed by atoms with Gasteiger partial charge in [-0.2, -0.15) is 0 Å². The van der Waals surface area contributed by atoms with Crippen LogP contribution < -0.4 is 5.73 Å². The van der Waals surface area contributed by atoms with Gasteiger partial charge < -0.3 is 15.4 Å². The molecule has 1 amide bonds. The van der Waals surface area contributed by atoms with Gasteiger partial charge in [0.2, 0.25) is 5.91 Å². The molecule has 2 N–H and O–H groups in total. The normalized spacial score (nSPS) is 12.3. The van der Waals surface area contributed by atoms with Gasteiger partial charge in [-0.05, 0) is 31.7 Å². The molecule has 0 aliphatic rings. The highest BCUT2D eigenvalue weighted by Crippen LogP contribution is 2.08. The van der Waals surface area contributed by atoms with Crippen LogP contribution in [0.3, 0.4) is 0 Å². The van der Waals surface area contributed by atoms with E-state index < -0.39 is 0 Å². The minimum absolute atomic E-state index is 0.00190. The Bertz CT molecular complexity index is 280. The van der Waals surface area contributed by atoms with E-state index in [1.54, 1.807) is 11.8 Å². The predicted octanol–water partition coefficient (Wildman–Crippen LogP) is 1.41. The molecule has 0 bridgehead atoms. The average Bonchev–Trinajstić information content (AvgIpc) is 2.34. The SMILES string of the molecule is CCOC(=O)CN(CC(C)C)C(=O)CCC(C)CN. The molecular weight excluding hydrogens is 244 g/mol. The number of hydrogen-bond donors (Lipinski definition) is 1. The molecule has 1 unspecified atom stereocenters. The first-order valence-electron chi connectivity index (χ1n) is 7.04. The van der Waals surface area contributed by atoms with E-state index in [1.807, 2.05) is 20.8 Å². The van der Waals surface area contributed by atoms with Crippen molar-refractivity contribution in [2.45, 2.75) is 40.5 Å². The Morgan fingerprint density at radius 2 is 1.89 bits per heavy atom. The lowest BCUT2D eigenvalue weighted by molar-refractivity contribution is -0.149. The van der Waals surface area contributed by atoms with Crippen molar-refractivity contribution >= 4 is 11.9 Å². The van der Waals surface area contributed by atoms with E-state index in [0.717, 1.165) is 6.42 Å². The van der Waals surface area contributed by atoms with Crippen molar-refractivity contribution in [1.82, 2.24) is 4.90 Å². The molecule has 0 rings (SSSR count). The van der Waals surface area contributed by atoms with Crippen LogP contribution in [0, 0.1) is 11.8 Å². The fourth-order valence-electron chi connectivity index (χ4n) is 1.70. The topological polar surface area (TPSA) is 72.6 Å². The Balaban J connectivity index is 4.38. The van der Waals surface area contributed by atoms with E-state index >= 15 is 0 Å². The van der Waals surface area contributed by atoms with Crippen LogP contribution in [0.2, 0.25) is 0 Å². The molecule has 1 atom stereocenters. The van der Waals surface area contributed by atoms with Gasteiger partial charge >= 0.3 is 5.97 Å². The van der Waals surface area contributed by atoms with Crippen molar-refractivity contribution in [3.8, 4) is 0 Å². The van der Waals surface area contributed by atoms with Gasteiger partial charge in [-0.1, -0.05) is 20.8 Å². The third kappa shape index (κ3) is 8.59. The first kappa shape index (κ1) is 17.9. The summed E-state index contributed by atoms with van der Waals surface area (Å²) >= 11 is 0. The number of carbonyl (C=O) groups is 2. The van der Waals surface area contributed by atoms with Crippen LogP contribution in [0.4, 0.5) is 0 Å². The maximum absolute atomic E-state index is 12.1. The monoisotopic (exact) mass is 272 g/mol. The van der Waals surface area contributed by atoms with Crippen LogP contribution in [-0.4, -0.2) is 43.0 Å². The number of rotatable bonds is 9. The number of nitrogens with two attached hydrogens (primary N) is 1. The number of carbonyl (C=O) groups excluding carboxylic acids is 2. The third-order valence-electron chi connectivity index (χ3n) is 2.82. The molecule has 0 fully saturated rings. The number of amides is 1. The van der Waals surface area contributed by atoms with Crippen molar-refractivity contribution in [1.29, 1.82) is 0 Å². The van der Waals surface area contributed by atoms with Crippen molar-refractivity contribution < 1.29 is 14.3 Å². The molecule has 0 aromatic heterocycles. The van der Waals surface area contributed by atoms with Crippen molar-refractivity contribution in [3.05, 3.63) is 0 Å². The lowest BCUT2D eigenvalue weighted by Crippen LogP contribution is -2.39. The molecule has 0 aliphatic heterocycles. The third-order valence-corrected chi connectivity index (χ3v) is 2.82. The predicted molar refractivity (Wildman–Crippen MR) is 75.5 cm³/mol. The second-order valence-electron chi connectivity index (χ2n) is 5.35. The molecule has 0 aromatic carbocycles. The van der Waals surface area contributed by atoms with Crippen molar-refractivity contribution in [3.63, 3.8) is 0 Å². The van der Waals surface area contributed by atoms with E-state index in [0.29, 0.717) is 38.0 Å². The second kappa shape index (κ2) is 9.78. The molecule has 0 aromatic rings. The molecule has 0 spiro atoms. The van der Waals surface area contributed by atoms with Gasteiger partial charge in [0.05, 0.1) is 6.61 Å². The number of esters is 1. The Morgan fingerprint density at radius 3 is 2.37 bits per heavy atom. The number of ether oxygens (including phenoxy) is 1. The summed E-state index contributed by atoms with van der Waals surface area (Å²) in [6.07, 6.45) is 1.19. The van der Waals surface area contributed by atoms with Crippen LogP contribution in [0.25, 0.3) is 0 Å². The summed E-state index contributed by atoms with van der Waals surface area (Å²) in [5.74, 6) is 0.308. The van der Waals surface area contributed by atoms with Crippen LogP contribution in [0.5, 0.6) is 0 Å². The molecule has 0 aliphatic carbocycles. The molecule has 19 heavy (non-hydrogen) atoms. The van der Waals surface area contributed by atoms with Crippen molar-refractivity contribution in [2.75, 3.05) is 26.2 Å².